The first-order chi connectivity index (χ1) is 16.3. The molecule has 1 aliphatic rings. The molecule has 8 nitrogen and oxygen atoms in total. The largest absolute Gasteiger partial charge is 0.493 e. The highest BCUT2D eigenvalue weighted by atomic mass is 32.2. The standard InChI is InChI=1S/C25H26N2O6S/c1-17(18-13-14-22(31-2)23(15-18)32-3)26-25(28)24-16-27(20-11-7-8-12-21(20)33-24)34(29,30)19-9-5-4-6-10-19/h4-15,17,24H,16H2,1-3H3,(H,26,28)/t17-,24+/m1/s1. The average molecular weight is 483 g/mol. The lowest BCUT2D eigenvalue weighted by Crippen LogP contribution is -2.51. The maximum Gasteiger partial charge on any atom is 0.264 e. The van der Waals surface area contributed by atoms with Gasteiger partial charge in [-0.15, -0.1) is 0 Å². The normalized spacial score (nSPS) is 16.1. The number of nitrogens with one attached hydrogen (secondary N) is 1. The first-order valence-corrected chi connectivity index (χ1v) is 12.1. The zero-order valence-corrected chi connectivity index (χ0v) is 19.9. The number of methoxy groups -OCH3 is 2. The lowest BCUT2D eigenvalue weighted by Gasteiger charge is -2.35. The van der Waals surface area contributed by atoms with Crippen LogP contribution in [-0.4, -0.2) is 41.2 Å². The van der Waals surface area contributed by atoms with Crippen LogP contribution in [0.25, 0.3) is 0 Å². The number of fused-ring (bicyclic) bond motifs is 1. The first-order valence-electron chi connectivity index (χ1n) is 10.7. The third kappa shape index (κ3) is 4.51. The molecule has 0 aliphatic carbocycles. The van der Waals surface area contributed by atoms with Crippen molar-refractivity contribution in [3.63, 3.8) is 0 Å². The second kappa shape index (κ2) is 9.64. The fourth-order valence-electron chi connectivity index (χ4n) is 3.80. The van der Waals surface area contributed by atoms with Crippen molar-refractivity contribution in [3.8, 4) is 17.2 Å². The third-order valence-corrected chi connectivity index (χ3v) is 7.42. The number of rotatable bonds is 7. The summed E-state index contributed by atoms with van der Waals surface area (Å²) in [7, 11) is -0.803. The molecule has 1 N–H and O–H groups in total. The Morgan fingerprint density at radius 2 is 1.68 bits per heavy atom. The van der Waals surface area contributed by atoms with E-state index in [1.54, 1.807) is 68.8 Å². The van der Waals surface area contributed by atoms with Gasteiger partial charge in [0.2, 0.25) is 0 Å². The highest BCUT2D eigenvalue weighted by Crippen LogP contribution is 2.37. The summed E-state index contributed by atoms with van der Waals surface area (Å²) in [6.07, 6.45) is -1.03. The average Bonchev–Trinajstić information content (AvgIpc) is 2.87. The Morgan fingerprint density at radius 3 is 2.38 bits per heavy atom. The zero-order chi connectivity index (χ0) is 24.3. The number of nitrogens with zero attached hydrogens (tertiary/aromatic N) is 1. The second-order valence-electron chi connectivity index (χ2n) is 7.77. The summed E-state index contributed by atoms with van der Waals surface area (Å²) < 4.78 is 44.6. The number of hydrogen-bond acceptors (Lipinski definition) is 6. The number of carbonyl (C=O) groups excluding carboxylic acids is 1. The predicted molar refractivity (Wildman–Crippen MR) is 128 cm³/mol. The molecule has 9 heteroatoms. The van der Waals surface area contributed by atoms with Gasteiger partial charge in [0, 0.05) is 0 Å². The summed E-state index contributed by atoms with van der Waals surface area (Å²) in [5.74, 6) is 1.03. The molecule has 0 fully saturated rings. The van der Waals surface area contributed by atoms with E-state index in [1.807, 2.05) is 13.0 Å². The Bertz CT molecular complexity index is 1280. The zero-order valence-electron chi connectivity index (χ0n) is 19.1. The van der Waals surface area contributed by atoms with E-state index in [0.29, 0.717) is 22.9 Å². The van der Waals surface area contributed by atoms with E-state index in [0.717, 1.165) is 5.56 Å². The summed E-state index contributed by atoms with van der Waals surface area (Å²) in [5.41, 5.74) is 1.19. The fraction of sp³-hybridized carbons (Fsp3) is 0.240. The van der Waals surface area contributed by atoms with Crippen molar-refractivity contribution in [1.29, 1.82) is 0 Å². The van der Waals surface area contributed by atoms with Crippen molar-refractivity contribution < 1.29 is 27.4 Å². The minimum atomic E-state index is -3.90. The summed E-state index contributed by atoms with van der Waals surface area (Å²) >= 11 is 0. The highest BCUT2D eigenvalue weighted by molar-refractivity contribution is 7.92. The third-order valence-electron chi connectivity index (χ3n) is 5.62. The molecular weight excluding hydrogens is 456 g/mol. The molecule has 0 bridgehead atoms. The van der Waals surface area contributed by atoms with E-state index >= 15 is 0 Å². The van der Waals surface area contributed by atoms with Gasteiger partial charge in [0.25, 0.3) is 15.9 Å². The number of carbonyl (C=O) groups is 1. The summed E-state index contributed by atoms with van der Waals surface area (Å²) in [6.45, 7) is 1.67. The summed E-state index contributed by atoms with van der Waals surface area (Å²) in [4.78, 5) is 13.3. The Labute approximate surface area is 199 Å². The van der Waals surface area contributed by atoms with Crippen molar-refractivity contribution >= 4 is 21.6 Å². The van der Waals surface area contributed by atoms with Crippen LogP contribution in [0.2, 0.25) is 0 Å². The van der Waals surface area contributed by atoms with Gasteiger partial charge in [0.15, 0.2) is 17.6 Å². The number of para-hydroxylation sites is 2. The molecule has 178 valence electrons. The van der Waals surface area contributed by atoms with E-state index in [2.05, 4.69) is 5.32 Å². The van der Waals surface area contributed by atoms with Crippen LogP contribution in [0.3, 0.4) is 0 Å². The second-order valence-corrected chi connectivity index (χ2v) is 9.63. The van der Waals surface area contributed by atoms with Gasteiger partial charge >= 0.3 is 0 Å². The molecule has 3 aromatic rings. The molecule has 0 unspecified atom stereocenters. The first kappa shape index (κ1) is 23.4. The SMILES string of the molecule is COc1ccc([C@@H](C)NC(=O)[C@@H]2CN(S(=O)(=O)c3ccccc3)c3ccccc3O2)cc1OC. The Hall–Kier alpha value is -3.72. The molecule has 1 aliphatic heterocycles. The highest BCUT2D eigenvalue weighted by Gasteiger charge is 2.37. The van der Waals surface area contributed by atoms with Crippen molar-refractivity contribution in [2.45, 2.75) is 24.0 Å². The molecule has 0 spiro atoms. The minimum absolute atomic E-state index is 0.143. The Balaban J connectivity index is 1.59. The van der Waals surface area contributed by atoms with Crippen molar-refractivity contribution in [3.05, 3.63) is 78.4 Å². The van der Waals surface area contributed by atoms with Gasteiger partial charge in [0.1, 0.15) is 5.75 Å². The van der Waals surface area contributed by atoms with E-state index < -0.39 is 22.0 Å². The molecule has 3 aromatic carbocycles. The molecule has 1 heterocycles. The Morgan fingerprint density at radius 1 is 1.00 bits per heavy atom. The summed E-state index contributed by atoms with van der Waals surface area (Å²) in [5, 5.41) is 2.92. The van der Waals surface area contributed by atoms with Crippen molar-refractivity contribution in [2.75, 3.05) is 25.1 Å². The van der Waals surface area contributed by atoms with Gasteiger partial charge in [-0.3, -0.25) is 9.10 Å². The number of amides is 1. The van der Waals surface area contributed by atoms with Crippen LogP contribution in [-0.2, 0) is 14.8 Å². The van der Waals surface area contributed by atoms with Crippen LogP contribution < -0.4 is 23.8 Å². The molecular formula is C25H26N2O6S. The minimum Gasteiger partial charge on any atom is -0.493 e. The monoisotopic (exact) mass is 482 g/mol. The van der Waals surface area contributed by atoms with Crippen molar-refractivity contribution in [2.24, 2.45) is 0 Å². The molecule has 4 rings (SSSR count). The lowest BCUT2D eigenvalue weighted by molar-refractivity contribution is -0.128. The fourth-order valence-corrected chi connectivity index (χ4v) is 5.29. The number of ether oxygens (including phenoxy) is 3. The van der Waals surface area contributed by atoms with Gasteiger partial charge in [-0.25, -0.2) is 8.42 Å². The Kier molecular flexibility index (Phi) is 6.65. The molecule has 0 saturated heterocycles. The van der Waals surface area contributed by atoms with E-state index in [9.17, 15) is 13.2 Å². The van der Waals surface area contributed by atoms with Crippen LogP contribution in [0.1, 0.15) is 18.5 Å². The number of anilines is 1. The van der Waals surface area contributed by atoms with Crippen LogP contribution in [0.4, 0.5) is 5.69 Å². The molecule has 1 amide bonds. The number of benzene rings is 3. The van der Waals surface area contributed by atoms with Gasteiger partial charge in [-0.2, -0.15) is 0 Å². The van der Waals surface area contributed by atoms with Gasteiger partial charge in [-0.1, -0.05) is 36.4 Å². The summed E-state index contributed by atoms with van der Waals surface area (Å²) in [6, 6.07) is 19.9. The lowest BCUT2D eigenvalue weighted by atomic mass is 10.1. The topological polar surface area (TPSA) is 94.2 Å². The van der Waals surface area contributed by atoms with Crippen LogP contribution in [0.5, 0.6) is 17.2 Å². The van der Waals surface area contributed by atoms with E-state index in [1.165, 1.54) is 16.4 Å². The molecule has 0 saturated carbocycles. The van der Waals surface area contributed by atoms with Gasteiger partial charge in [-0.05, 0) is 48.9 Å². The number of hydrogen-bond donors (Lipinski definition) is 1. The molecule has 2 atom stereocenters. The predicted octanol–water partition coefficient (Wildman–Crippen LogP) is 3.54. The van der Waals surface area contributed by atoms with Crippen LogP contribution in [0.15, 0.2) is 77.7 Å². The molecule has 34 heavy (non-hydrogen) atoms. The van der Waals surface area contributed by atoms with E-state index in [4.69, 9.17) is 14.2 Å². The quantitative estimate of drug-likeness (QED) is 0.554. The van der Waals surface area contributed by atoms with Gasteiger partial charge < -0.3 is 19.5 Å². The smallest absolute Gasteiger partial charge is 0.264 e. The maximum absolute atomic E-state index is 13.4. The maximum atomic E-state index is 13.4. The number of sulfonamides is 1. The van der Waals surface area contributed by atoms with Gasteiger partial charge in [0.05, 0.1) is 37.4 Å². The van der Waals surface area contributed by atoms with Crippen LogP contribution >= 0.6 is 0 Å². The van der Waals surface area contributed by atoms with Crippen molar-refractivity contribution in [1.82, 2.24) is 5.32 Å². The molecule has 0 aromatic heterocycles. The van der Waals surface area contributed by atoms with Crippen LogP contribution in [0, 0.1) is 0 Å². The van der Waals surface area contributed by atoms with E-state index in [-0.39, 0.29) is 17.5 Å². The molecule has 0 radical (unpaired) electrons.